The number of carboxylic acid groups (broad SMARTS) is 1. The van der Waals surface area contributed by atoms with Gasteiger partial charge in [0.05, 0.1) is 18.8 Å². The van der Waals surface area contributed by atoms with Gasteiger partial charge >= 0.3 is 5.97 Å². The number of pyridine rings is 1. The van der Waals surface area contributed by atoms with Crippen molar-refractivity contribution in [2.24, 2.45) is 0 Å². The molecule has 35 heavy (non-hydrogen) atoms. The fraction of sp³-hybridized carbons (Fsp3) is 0.692. The Bertz CT molecular complexity index is 612. The molecule has 1 fully saturated rings. The number of aliphatic carboxylic acids is 1. The van der Waals surface area contributed by atoms with Gasteiger partial charge in [-0.3, -0.25) is 19.4 Å². The normalized spacial score (nSPS) is 13.3. The van der Waals surface area contributed by atoms with Gasteiger partial charge in [0.25, 0.3) is 0 Å². The van der Waals surface area contributed by atoms with Gasteiger partial charge in [0.15, 0.2) is 0 Å². The van der Waals surface area contributed by atoms with E-state index in [-0.39, 0.29) is 19.1 Å². The summed E-state index contributed by atoms with van der Waals surface area (Å²) in [6.07, 6.45) is 14.5. The van der Waals surface area contributed by atoms with E-state index in [0.717, 1.165) is 37.7 Å². The number of carboxylic acids is 1. The quantitative estimate of drug-likeness (QED) is 0.278. The van der Waals surface area contributed by atoms with E-state index in [4.69, 9.17) is 14.9 Å². The van der Waals surface area contributed by atoms with E-state index in [2.05, 4.69) is 17.2 Å². The fourth-order valence-electron chi connectivity index (χ4n) is 3.35. The van der Waals surface area contributed by atoms with Gasteiger partial charge in [-0.25, -0.2) is 0 Å². The van der Waals surface area contributed by atoms with Crippen LogP contribution in [0.15, 0.2) is 24.5 Å². The molecule has 0 saturated heterocycles. The molecule has 2 amide bonds. The SMILES string of the molecule is CC.CCCC(c1cccnc1)N(C)C=O.O=C(O)CCCOC1CCCCC1.O=CNCCO. The molecule has 0 aromatic carbocycles. The average molecular weight is 498 g/mol. The number of rotatable bonds is 13. The number of aliphatic hydroxyl groups excluding tert-OH is 1. The Hall–Kier alpha value is -2.52. The van der Waals surface area contributed by atoms with Gasteiger partial charge in [0.1, 0.15) is 0 Å². The van der Waals surface area contributed by atoms with Crippen LogP contribution >= 0.6 is 0 Å². The van der Waals surface area contributed by atoms with Crippen molar-refractivity contribution in [1.29, 1.82) is 0 Å². The van der Waals surface area contributed by atoms with Crippen LogP contribution in [0, 0.1) is 0 Å². The van der Waals surface area contributed by atoms with Gasteiger partial charge in [0, 0.05) is 39.0 Å². The number of nitrogens with zero attached hydrogens (tertiary/aromatic N) is 2. The molecule has 1 aromatic rings. The molecule has 0 radical (unpaired) electrons. The van der Waals surface area contributed by atoms with Crippen LogP contribution in [-0.4, -0.2) is 71.8 Å². The second-order valence-electron chi connectivity index (χ2n) is 7.79. The van der Waals surface area contributed by atoms with Crippen molar-refractivity contribution in [2.75, 3.05) is 26.8 Å². The first-order valence-electron chi connectivity index (χ1n) is 12.7. The summed E-state index contributed by atoms with van der Waals surface area (Å²) in [5.41, 5.74) is 1.10. The summed E-state index contributed by atoms with van der Waals surface area (Å²) in [6, 6.07) is 4.07. The molecular formula is C26H47N3O6. The Morgan fingerprint density at radius 3 is 2.43 bits per heavy atom. The first-order valence-corrected chi connectivity index (χ1v) is 12.7. The molecule has 1 heterocycles. The minimum Gasteiger partial charge on any atom is -0.481 e. The Labute approximate surface area is 211 Å². The third-order valence-electron chi connectivity index (χ3n) is 5.07. The molecule has 0 spiro atoms. The van der Waals surface area contributed by atoms with Gasteiger partial charge in [-0.05, 0) is 37.3 Å². The smallest absolute Gasteiger partial charge is 0.303 e. The van der Waals surface area contributed by atoms with Crippen LogP contribution in [0.5, 0.6) is 0 Å². The van der Waals surface area contributed by atoms with E-state index in [1.807, 2.05) is 32.2 Å². The zero-order valence-corrected chi connectivity index (χ0v) is 22.0. The minimum atomic E-state index is -0.729. The Kier molecular flexibility index (Phi) is 25.8. The Morgan fingerprint density at radius 1 is 1.29 bits per heavy atom. The highest BCUT2D eigenvalue weighted by Gasteiger charge is 2.14. The van der Waals surface area contributed by atoms with Crippen molar-refractivity contribution in [3.05, 3.63) is 30.1 Å². The van der Waals surface area contributed by atoms with Gasteiger partial charge < -0.3 is 25.2 Å². The summed E-state index contributed by atoms with van der Waals surface area (Å²) in [4.78, 5) is 36.0. The molecule has 0 bridgehead atoms. The molecule has 1 atom stereocenters. The average Bonchev–Trinajstić information content (AvgIpc) is 2.91. The molecule has 3 N–H and O–H groups in total. The van der Waals surface area contributed by atoms with E-state index in [9.17, 15) is 14.4 Å². The van der Waals surface area contributed by atoms with Crippen molar-refractivity contribution in [2.45, 2.75) is 90.7 Å². The highest BCUT2D eigenvalue weighted by molar-refractivity contribution is 5.66. The third-order valence-corrected chi connectivity index (χ3v) is 5.07. The number of ether oxygens (including phenoxy) is 1. The number of carbonyl (C=O) groups excluding carboxylic acids is 2. The molecule has 2 rings (SSSR count). The minimum absolute atomic E-state index is 0.0126. The van der Waals surface area contributed by atoms with E-state index in [1.54, 1.807) is 18.1 Å². The Morgan fingerprint density at radius 2 is 1.97 bits per heavy atom. The van der Waals surface area contributed by atoms with E-state index < -0.39 is 5.97 Å². The molecule has 1 aromatic heterocycles. The second-order valence-corrected chi connectivity index (χ2v) is 7.79. The van der Waals surface area contributed by atoms with Crippen molar-refractivity contribution < 1.29 is 29.3 Å². The second kappa shape index (κ2) is 26.1. The van der Waals surface area contributed by atoms with Gasteiger partial charge in [-0.15, -0.1) is 0 Å². The lowest BCUT2D eigenvalue weighted by molar-refractivity contribution is -0.137. The summed E-state index contributed by atoms with van der Waals surface area (Å²) in [6.45, 7) is 7.08. The maximum Gasteiger partial charge on any atom is 0.303 e. The lowest BCUT2D eigenvalue weighted by atomic mass is 9.98. The first-order chi connectivity index (χ1) is 17.0. The zero-order valence-electron chi connectivity index (χ0n) is 22.0. The lowest BCUT2D eigenvalue weighted by Crippen LogP contribution is -2.22. The highest BCUT2D eigenvalue weighted by atomic mass is 16.5. The van der Waals surface area contributed by atoms with Gasteiger partial charge in [0.2, 0.25) is 12.8 Å². The molecule has 1 aliphatic carbocycles. The Balaban J connectivity index is 0. The van der Waals surface area contributed by atoms with Crippen LogP contribution < -0.4 is 5.32 Å². The fourth-order valence-corrected chi connectivity index (χ4v) is 3.35. The topological polar surface area (TPSA) is 129 Å². The van der Waals surface area contributed by atoms with Gasteiger partial charge in [-0.1, -0.05) is 52.5 Å². The van der Waals surface area contributed by atoms with Crippen LogP contribution in [0.1, 0.15) is 90.2 Å². The number of hydrogen-bond acceptors (Lipinski definition) is 6. The van der Waals surface area contributed by atoms with Crippen molar-refractivity contribution in [1.82, 2.24) is 15.2 Å². The standard InChI is InChI=1S/C11H16N2O.C10H18O3.C3H7NO2.C2H6/c1-3-5-11(13(2)9-14)10-6-4-7-12-8-10;11-10(12)7-4-8-13-9-5-2-1-3-6-9;5-2-1-4-3-6;1-2/h4,6-9,11H,3,5H2,1-2H3;9H,1-8H2,(H,11,12);3,5H,1-2H2,(H,4,6);1-2H3. The number of hydrogen-bond donors (Lipinski definition) is 3. The van der Waals surface area contributed by atoms with Gasteiger partial charge in [-0.2, -0.15) is 0 Å². The summed E-state index contributed by atoms with van der Waals surface area (Å²) in [5, 5.41) is 18.6. The number of aliphatic hydroxyl groups is 1. The van der Waals surface area contributed by atoms with Crippen LogP contribution in [0.4, 0.5) is 0 Å². The molecule has 1 unspecified atom stereocenters. The largest absolute Gasteiger partial charge is 0.481 e. The first kappa shape index (κ1) is 34.6. The van der Waals surface area contributed by atoms with E-state index in [0.29, 0.717) is 32.1 Å². The van der Waals surface area contributed by atoms with Crippen LogP contribution in [0.25, 0.3) is 0 Å². The molecule has 1 aliphatic rings. The highest BCUT2D eigenvalue weighted by Crippen LogP contribution is 2.22. The number of nitrogens with one attached hydrogen (secondary N) is 1. The monoisotopic (exact) mass is 497 g/mol. The molecule has 1 saturated carbocycles. The molecule has 202 valence electrons. The van der Waals surface area contributed by atoms with Crippen molar-refractivity contribution in [3.63, 3.8) is 0 Å². The summed E-state index contributed by atoms with van der Waals surface area (Å²) >= 11 is 0. The number of aromatic nitrogens is 1. The summed E-state index contributed by atoms with van der Waals surface area (Å²) < 4.78 is 5.57. The van der Waals surface area contributed by atoms with Crippen LogP contribution in [0.3, 0.4) is 0 Å². The van der Waals surface area contributed by atoms with Crippen LogP contribution in [0.2, 0.25) is 0 Å². The predicted molar refractivity (Wildman–Crippen MR) is 138 cm³/mol. The predicted octanol–water partition coefficient (Wildman–Crippen LogP) is 3.96. The summed E-state index contributed by atoms with van der Waals surface area (Å²) in [5.74, 6) is -0.729. The summed E-state index contributed by atoms with van der Waals surface area (Å²) in [7, 11) is 1.81. The van der Waals surface area contributed by atoms with Crippen molar-refractivity contribution in [3.8, 4) is 0 Å². The molecular weight excluding hydrogens is 450 g/mol. The molecule has 9 nitrogen and oxygen atoms in total. The molecule has 0 aliphatic heterocycles. The van der Waals surface area contributed by atoms with Crippen molar-refractivity contribution >= 4 is 18.8 Å². The zero-order chi connectivity index (χ0) is 26.7. The lowest BCUT2D eigenvalue weighted by Gasteiger charge is -2.24. The third kappa shape index (κ3) is 20.6. The number of amides is 2. The molecule has 9 heteroatoms. The number of carbonyl (C=O) groups is 3. The maximum atomic E-state index is 10.7. The van der Waals surface area contributed by atoms with E-state index >= 15 is 0 Å². The maximum absolute atomic E-state index is 10.7. The van der Waals surface area contributed by atoms with E-state index in [1.165, 1.54) is 19.3 Å². The van der Waals surface area contributed by atoms with Crippen LogP contribution in [-0.2, 0) is 19.1 Å².